The summed E-state index contributed by atoms with van der Waals surface area (Å²) in [7, 11) is 0. The van der Waals surface area contributed by atoms with Crippen LogP contribution in [0.15, 0.2) is 30.3 Å². The molecule has 0 aliphatic carbocycles. The monoisotopic (exact) mass is 206 g/mol. The molecule has 1 aromatic carbocycles. The average Bonchev–Trinajstić information content (AvgIpc) is 2.17. The molecule has 0 N–H and O–H groups in total. The maximum atomic E-state index is 5.91. The van der Waals surface area contributed by atoms with E-state index in [-0.39, 0.29) is 18.0 Å². The summed E-state index contributed by atoms with van der Waals surface area (Å²) in [4.78, 5) is 0. The minimum absolute atomic E-state index is 0.126. The first-order chi connectivity index (χ1) is 7.10. The fraction of sp³-hybridized carbons (Fsp3) is 0.538. The van der Waals surface area contributed by atoms with E-state index in [0.717, 1.165) is 6.42 Å². The lowest BCUT2D eigenvalue weighted by atomic mass is 9.89. The van der Waals surface area contributed by atoms with Crippen LogP contribution in [0.5, 0.6) is 0 Å². The first-order valence-electron chi connectivity index (χ1n) is 5.49. The van der Waals surface area contributed by atoms with Gasteiger partial charge < -0.3 is 9.47 Å². The number of benzene rings is 1. The van der Waals surface area contributed by atoms with E-state index in [9.17, 15) is 0 Å². The lowest BCUT2D eigenvalue weighted by molar-refractivity contribution is -0.270. The van der Waals surface area contributed by atoms with Crippen LogP contribution in [-0.4, -0.2) is 12.4 Å². The molecule has 0 aromatic heterocycles. The van der Waals surface area contributed by atoms with Crippen molar-refractivity contribution in [3.63, 3.8) is 0 Å². The van der Waals surface area contributed by atoms with Crippen molar-refractivity contribution in [3.8, 4) is 0 Å². The Morgan fingerprint density at radius 3 is 2.47 bits per heavy atom. The summed E-state index contributed by atoms with van der Waals surface area (Å²) >= 11 is 0. The highest BCUT2D eigenvalue weighted by molar-refractivity contribution is 5.22. The number of rotatable bonds is 1. The summed E-state index contributed by atoms with van der Waals surface area (Å²) in [6.45, 7) is 6.19. The second kappa shape index (κ2) is 3.95. The normalized spacial score (nSPS) is 36.5. The third kappa shape index (κ3) is 2.21. The quantitative estimate of drug-likeness (QED) is 0.703. The molecule has 2 heteroatoms. The third-order valence-corrected chi connectivity index (χ3v) is 2.91. The molecule has 3 atom stereocenters. The average molecular weight is 206 g/mol. The highest BCUT2D eigenvalue weighted by Crippen LogP contribution is 2.36. The van der Waals surface area contributed by atoms with Crippen molar-refractivity contribution < 1.29 is 9.47 Å². The molecule has 0 amide bonds. The van der Waals surface area contributed by atoms with Crippen molar-refractivity contribution in [1.82, 2.24) is 0 Å². The van der Waals surface area contributed by atoms with Gasteiger partial charge in [-0.15, -0.1) is 0 Å². The van der Waals surface area contributed by atoms with E-state index in [1.807, 2.05) is 13.0 Å². The smallest absolute Gasteiger partial charge is 0.156 e. The first-order valence-corrected chi connectivity index (χ1v) is 5.49. The zero-order valence-electron chi connectivity index (χ0n) is 9.57. The van der Waals surface area contributed by atoms with Crippen LogP contribution < -0.4 is 0 Å². The molecular weight excluding hydrogens is 188 g/mol. The molecule has 1 aliphatic heterocycles. The summed E-state index contributed by atoms with van der Waals surface area (Å²) in [5, 5.41) is 0. The first kappa shape index (κ1) is 10.7. The number of hydrogen-bond acceptors (Lipinski definition) is 2. The van der Waals surface area contributed by atoms with E-state index in [4.69, 9.17) is 9.47 Å². The molecule has 15 heavy (non-hydrogen) atoms. The van der Waals surface area contributed by atoms with Crippen molar-refractivity contribution in [3.05, 3.63) is 35.9 Å². The molecule has 2 rings (SSSR count). The highest BCUT2D eigenvalue weighted by atomic mass is 16.7. The van der Waals surface area contributed by atoms with Gasteiger partial charge in [0, 0.05) is 6.42 Å². The largest absolute Gasteiger partial charge is 0.350 e. The summed E-state index contributed by atoms with van der Waals surface area (Å²) in [5.74, 6) is 0. The fourth-order valence-corrected chi connectivity index (χ4v) is 2.34. The van der Waals surface area contributed by atoms with Crippen LogP contribution in [0.4, 0.5) is 0 Å². The number of hydrogen-bond donors (Lipinski definition) is 0. The highest BCUT2D eigenvalue weighted by Gasteiger charge is 2.36. The summed E-state index contributed by atoms with van der Waals surface area (Å²) in [5.41, 5.74) is 1.02. The van der Waals surface area contributed by atoms with Gasteiger partial charge in [-0.25, -0.2) is 0 Å². The van der Waals surface area contributed by atoms with Crippen LogP contribution >= 0.6 is 0 Å². The van der Waals surface area contributed by atoms with E-state index >= 15 is 0 Å². The van der Waals surface area contributed by atoms with Gasteiger partial charge in [0.05, 0.1) is 11.7 Å². The lowest BCUT2D eigenvalue weighted by Crippen LogP contribution is -2.41. The van der Waals surface area contributed by atoms with Gasteiger partial charge in [-0.3, -0.25) is 0 Å². The summed E-state index contributed by atoms with van der Waals surface area (Å²) in [6.07, 6.45) is 1.03. The molecule has 1 heterocycles. The van der Waals surface area contributed by atoms with Crippen LogP contribution in [0.25, 0.3) is 0 Å². The Hall–Kier alpha value is -0.860. The molecule has 82 valence electrons. The second-order valence-corrected chi connectivity index (χ2v) is 4.43. The SMILES string of the molecule is C[C@H]1O[C@@H](C)C[C@@](C)(c2ccccc2)O1. The molecular formula is C13H18O2. The van der Waals surface area contributed by atoms with Crippen LogP contribution in [-0.2, 0) is 15.1 Å². The predicted molar refractivity (Wildman–Crippen MR) is 59.5 cm³/mol. The Kier molecular flexibility index (Phi) is 2.81. The van der Waals surface area contributed by atoms with E-state index in [2.05, 4.69) is 38.1 Å². The van der Waals surface area contributed by atoms with Crippen LogP contribution in [0.1, 0.15) is 32.8 Å². The summed E-state index contributed by atoms with van der Waals surface area (Å²) in [6, 6.07) is 10.4. The Bertz CT molecular complexity index is 311. The van der Waals surface area contributed by atoms with Crippen LogP contribution in [0.3, 0.4) is 0 Å². The molecule has 1 fully saturated rings. The van der Waals surface area contributed by atoms with Crippen molar-refractivity contribution >= 4 is 0 Å². The van der Waals surface area contributed by atoms with Gasteiger partial charge in [-0.1, -0.05) is 30.3 Å². The standard InChI is InChI=1S/C13H18O2/c1-10-9-13(3,15-11(2)14-10)12-7-5-4-6-8-12/h4-8,10-11H,9H2,1-3H3/t10-,11-,13-/m0/s1. The zero-order valence-corrected chi connectivity index (χ0v) is 9.57. The molecule has 0 spiro atoms. The van der Waals surface area contributed by atoms with Gasteiger partial charge in [0.1, 0.15) is 0 Å². The van der Waals surface area contributed by atoms with Crippen LogP contribution in [0.2, 0.25) is 0 Å². The fourth-order valence-electron chi connectivity index (χ4n) is 2.34. The minimum Gasteiger partial charge on any atom is -0.350 e. The van der Waals surface area contributed by atoms with Crippen molar-refractivity contribution in [2.75, 3.05) is 0 Å². The van der Waals surface area contributed by atoms with Gasteiger partial charge in [0.15, 0.2) is 6.29 Å². The Morgan fingerprint density at radius 2 is 1.87 bits per heavy atom. The maximum absolute atomic E-state index is 5.91. The molecule has 1 saturated heterocycles. The van der Waals surface area contributed by atoms with E-state index in [0.29, 0.717) is 0 Å². The molecule has 0 saturated carbocycles. The Morgan fingerprint density at radius 1 is 1.20 bits per heavy atom. The van der Waals surface area contributed by atoms with Crippen LogP contribution in [0, 0.1) is 0 Å². The Balaban J connectivity index is 2.26. The molecule has 1 aromatic rings. The van der Waals surface area contributed by atoms with Crippen molar-refractivity contribution in [2.45, 2.75) is 45.2 Å². The maximum Gasteiger partial charge on any atom is 0.156 e. The molecule has 0 bridgehead atoms. The number of ether oxygens (including phenoxy) is 2. The van der Waals surface area contributed by atoms with Gasteiger partial charge >= 0.3 is 0 Å². The summed E-state index contributed by atoms with van der Waals surface area (Å²) < 4.78 is 11.5. The lowest BCUT2D eigenvalue weighted by Gasteiger charge is -2.41. The predicted octanol–water partition coefficient (Wildman–Crippen LogP) is 3.07. The van der Waals surface area contributed by atoms with E-state index < -0.39 is 0 Å². The van der Waals surface area contributed by atoms with Gasteiger partial charge in [0.2, 0.25) is 0 Å². The van der Waals surface area contributed by atoms with Crippen molar-refractivity contribution in [2.24, 2.45) is 0 Å². The topological polar surface area (TPSA) is 18.5 Å². The molecule has 0 radical (unpaired) electrons. The zero-order chi connectivity index (χ0) is 10.9. The molecule has 0 unspecified atom stereocenters. The molecule has 1 aliphatic rings. The third-order valence-electron chi connectivity index (χ3n) is 2.91. The van der Waals surface area contributed by atoms with E-state index in [1.54, 1.807) is 0 Å². The van der Waals surface area contributed by atoms with Gasteiger partial charge in [-0.2, -0.15) is 0 Å². The van der Waals surface area contributed by atoms with Gasteiger partial charge in [0.25, 0.3) is 0 Å². The van der Waals surface area contributed by atoms with E-state index in [1.165, 1.54) is 5.56 Å². The van der Waals surface area contributed by atoms with Gasteiger partial charge in [-0.05, 0) is 26.3 Å². The van der Waals surface area contributed by atoms with Crippen molar-refractivity contribution in [1.29, 1.82) is 0 Å². The Labute approximate surface area is 91.2 Å². The minimum atomic E-state index is -0.210. The second-order valence-electron chi connectivity index (χ2n) is 4.43. The molecule has 2 nitrogen and oxygen atoms in total.